The number of rotatable bonds is 6. The van der Waals surface area contributed by atoms with Crippen molar-refractivity contribution >= 4 is 17.8 Å². The van der Waals surface area contributed by atoms with Crippen molar-refractivity contribution in [2.24, 2.45) is 5.92 Å². The van der Waals surface area contributed by atoms with E-state index in [9.17, 15) is 14.4 Å². The van der Waals surface area contributed by atoms with Crippen molar-refractivity contribution < 1.29 is 19.5 Å². The Morgan fingerprint density at radius 3 is 1.95 bits per heavy atom. The number of unbranched alkanes of at least 4 members (excludes halogenated alkanes) is 1. The summed E-state index contributed by atoms with van der Waals surface area (Å²) in [4.78, 5) is 37.7. The molecule has 0 spiro atoms. The van der Waals surface area contributed by atoms with E-state index in [0.717, 1.165) is 0 Å². The third-order valence-electron chi connectivity index (χ3n) is 3.47. The molecule has 0 unspecified atom stereocenters. The van der Waals surface area contributed by atoms with E-state index in [-0.39, 0.29) is 24.2 Å². The van der Waals surface area contributed by atoms with Crippen LogP contribution < -0.4 is 0 Å². The Balaban J connectivity index is 2.25. The lowest BCUT2D eigenvalue weighted by molar-refractivity contribution is -0.141. The molecule has 1 saturated heterocycles. The van der Waals surface area contributed by atoms with Crippen LogP contribution in [-0.2, 0) is 14.4 Å². The highest BCUT2D eigenvalue weighted by molar-refractivity contribution is 5.79. The third-order valence-corrected chi connectivity index (χ3v) is 3.47. The zero-order valence-corrected chi connectivity index (χ0v) is 12.3. The van der Waals surface area contributed by atoms with E-state index in [1.165, 1.54) is 0 Å². The molecule has 0 aromatic heterocycles. The first-order chi connectivity index (χ1) is 9.41. The molecule has 0 saturated carbocycles. The molecule has 0 aromatic carbocycles. The molecule has 1 aliphatic rings. The molecule has 20 heavy (non-hydrogen) atoms. The van der Waals surface area contributed by atoms with E-state index in [2.05, 4.69) is 0 Å². The molecule has 114 valence electrons. The summed E-state index contributed by atoms with van der Waals surface area (Å²) in [5.74, 6) is -0.628. The minimum Gasteiger partial charge on any atom is -0.481 e. The SMILES string of the molecule is CC(C)C(=O)N1CCN(C(=O)CCCCC(=O)O)CC1. The summed E-state index contributed by atoms with van der Waals surface area (Å²) in [5, 5.41) is 8.52. The molecule has 0 bridgehead atoms. The quantitative estimate of drug-likeness (QED) is 0.737. The van der Waals surface area contributed by atoms with Crippen LogP contribution in [-0.4, -0.2) is 58.9 Å². The number of carboxylic acids is 1. The number of carbonyl (C=O) groups excluding carboxylic acids is 2. The van der Waals surface area contributed by atoms with Crippen LogP contribution >= 0.6 is 0 Å². The predicted molar refractivity (Wildman–Crippen MR) is 74.1 cm³/mol. The average molecular weight is 284 g/mol. The molecular formula is C14H24N2O4. The van der Waals surface area contributed by atoms with E-state index in [1.54, 1.807) is 9.80 Å². The van der Waals surface area contributed by atoms with Gasteiger partial charge in [-0.05, 0) is 12.8 Å². The van der Waals surface area contributed by atoms with Gasteiger partial charge in [0.25, 0.3) is 0 Å². The highest BCUT2D eigenvalue weighted by Crippen LogP contribution is 2.10. The van der Waals surface area contributed by atoms with Crippen molar-refractivity contribution in [2.75, 3.05) is 26.2 Å². The van der Waals surface area contributed by atoms with Crippen molar-refractivity contribution in [2.45, 2.75) is 39.5 Å². The summed E-state index contributed by atoms with van der Waals surface area (Å²) >= 11 is 0. The molecule has 0 atom stereocenters. The van der Waals surface area contributed by atoms with Crippen molar-refractivity contribution in [3.63, 3.8) is 0 Å². The Hall–Kier alpha value is -1.59. The van der Waals surface area contributed by atoms with Gasteiger partial charge in [0.2, 0.25) is 11.8 Å². The lowest BCUT2D eigenvalue weighted by Crippen LogP contribution is -2.51. The van der Waals surface area contributed by atoms with Gasteiger partial charge in [-0.2, -0.15) is 0 Å². The molecule has 1 aliphatic heterocycles. The van der Waals surface area contributed by atoms with Crippen molar-refractivity contribution in [1.29, 1.82) is 0 Å². The molecular weight excluding hydrogens is 260 g/mol. The zero-order chi connectivity index (χ0) is 15.1. The monoisotopic (exact) mass is 284 g/mol. The minimum atomic E-state index is -0.821. The second-order valence-corrected chi connectivity index (χ2v) is 5.46. The third kappa shape index (κ3) is 5.19. The smallest absolute Gasteiger partial charge is 0.303 e. The van der Waals surface area contributed by atoms with Gasteiger partial charge in [-0.1, -0.05) is 13.8 Å². The summed E-state index contributed by atoms with van der Waals surface area (Å²) in [7, 11) is 0. The molecule has 1 heterocycles. The van der Waals surface area contributed by atoms with E-state index in [0.29, 0.717) is 45.4 Å². The van der Waals surface area contributed by atoms with Gasteiger partial charge >= 0.3 is 5.97 Å². The van der Waals surface area contributed by atoms with Gasteiger partial charge in [-0.25, -0.2) is 0 Å². The molecule has 0 radical (unpaired) electrons. The van der Waals surface area contributed by atoms with Gasteiger partial charge in [0, 0.05) is 44.9 Å². The van der Waals surface area contributed by atoms with Gasteiger partial charge in [-0.15, -0.1) is 0 Å². The van der Waals surface area contributed by atoms with Crippen molar-refractivity contribution in [1.82, 2.24) is 9.80 Å². The minimum absolute atomic E-state index is 0.00623. The van der Waals surface area contributed by atoms with E-state index in [4.69, 9.17) is 5.11 Å². The normalized spacial score (nSPS) is 15.6. The number of amides is 2. The van der Waals surface area contributed by atoms with Gasteiger partial charge in [0.1, 0.15) is 0 Å². The Bertz CT molecular complexity index is 360. The highest BCUT2D eigenvalue weighted by atomic mass is 16.4. The average Bonchev–Trinajstić information content (AvgIpc) is 2.42. The molecule has 0 aliphatic carbocycles. The summed E-state index contributed by atoms with van der Waals surface area (Å²) in [6, 6.07) is 0. The first kappa shape index (κ1) is 16.5. The summed E-state index contributed by atoms with van der Waals surface area (Å²) in [6.45, 7) is 6.10. The van der Waals surface area contributed by atoms with Crippen LogP contribution in [0.25, 0.3) is 0 Å². The van der Waals surface area contributed by atoms with Gasteiger partial charge in [0.15, 0.2) is 0 Å². The van der Waals surface area contributed by atoms with Gasteiger partial charge < -0.3 is 14.9 Å². The Morgan fingerprint density at radius 1 is 0.950 bits per heavy atom. The maximum Gasteiger partial charge on any atom is 0.303 e. The Labute approximate surface area is 119 Å². The van der Waals surface area contributed by atoms with E-state index in [1.807, 2.05) is 13.8 Å². The maximum atomic E-state index is 11.9. The second-order valence-electron chi connectivity index (χ2n) is 5.46. The number of hydrogen-bond acceptors (Lipinski definition) is 3. The highest BCUT2D eigenvalue weighted by Gasteiger charge is 2.24. The molecule has 6 nitrogen and oxygen atoms in total. The molecule has 1 rings (SSSR count). The molecule has 0 aromatic rings. The van der Waals surface area contributed by atoms with Crippen molar-refractivity contribution in [3.05, 3.63) is 0 Å². The Kier molecular flexibility index (Phi) is 6.48. The largest absolute Gasteiger partial charge is 0.481 e. The first-order valence-corrected chi connectivity index (χ1v) is 7.20. The molecule has 1 fully saturated rings. The lowest BCUT2D eigenvalue weighted by atomic mass is 10.1. The fourth-order valence-electron chi connectivity index (χ4n) is 2.25. The summed E-state index contributed by atoms with van der Waals surface area (Å²) in [6.07, 6.45) is 1.65. The van der Waals surface area contributed by atoms with Gasteiger partial charge in [-0.3, -0.25) is 14.4 Å². The predicted octanol–water partition coefficient (Wildman–Crippen LogP) is 0.958. The number of aliphatic carboxylic acids is 1. The van der Waals surface area contributed by atoms with Crippen LogP contribution in [0.4, 0.5) is 0 Å². The fourth-order valence-corrected chi connectivity index (χ4v) is 2.25. The van der Waals surface area contributed by atoms with Crippen molar-refractivity contribution in [3.8, 4) is 0 Å². The van der Waals surface area contributed by atoms with Gasteiger partial charge in [0.05, 0.1) is 0 Å². The van der Waals surface area contributed by atoms with Crippen LogP contribution in [0.1, 0.15) is 39.5 Å². The topological polar surface area (TPSA) is 77.9 Å². The molecule has 6 heteroatoms. The van der Waals surface area contributed by atoms with Crippen LogP contribution in [0, 0.1) is 5.92 Å². The number of nitrogens with zero attached hydrogens (tertiary/aromatic N) is 2. The fraction of sp³-hybridized carbons (Fsp3) is 0.786. The first-order valence-electron chi connectivity index (χ1n) is 7.20. The maximum absolute atomic E-state index is 11.9. The lowest BCUT2D eigenvalue weighted by Gasteiger charge is -2.35. The number of hydrogen-bond donors (Lipinski definition) is 1. The number of carboxylic acid groups (broad SMARTS) is 1. The van der Waals surface area contributed by atoms with Crippen LogP contribution in [0.2, 0.25) is 0 Å². The molecule has 2 amide bonds. The zero-order valence-electron chi connectivity index (χ0n) is 12.3. The van der Waals surface area contributed by atoms with E-state index >= 15 is 0 Å². The van der Waals surface area contributed by atoms with Crippen LogP contribution in [0.5, 0.6) is 0 Å². The molecule has 1 N–H and O–H groups in total. The summed E-state index contributed by atoms with van der Waals surface area (Å²) < 4.78 is 0. The van der Waals surface area contributed by atoms with Crippen LogP contribution in [0.15, 0.2) is 0 Å². The van der Waals surface area contributed by atoms with Crippen LogP contribution in [0.3, 0.4) is 0 Å². The standard InChI is InChI=1S/C14H24N2O4/c1-11(2)14(20)16-9-7-15(8-10-16)12(17)5-3-4-6-13(18)19/h11H,3-10H2,1-2H3,(H,18,19). The number of carbonyl (C=O) groups is 3. The number of piperazine rings is 1. The Morgan fingerprint density at radius 2 is 1.45 bits per heavy atom. The summed E-state index contributed by atoms with van der Waals surface area (Å²) in [5.41, 5.74) is 0. The second kappa shape index (κ2) is 7.87. The van der Waals surface area contributed by atoms with E-state index < -0.39 is 5.97 Å².